The van der Waals surface area contributed by atoms with Gasteiger partial charge in [0.05, 0.1) is 31.7 Å². The van der Waals surface area contributed by atoms with E-state index in [9.17, 15) is 46.7 Å². The van der Waals surface area contributed by atoms with Gasteiger partial charge in [0.1, 0.15) is 17.5 Å². The molecule has 6 heterocycles. The van der Waals surface area contributed by atoms with E-state index in [1.54, 1.807) is 54.6 Å². The van der Waals surface area contributed by atoms with E-state index in [-0.39, 0.29) is 41.0 Å². The van der Waals surface area contributed by atoms with E-state index >= 15 is 0 Å². The van der Waals surface area contributed by atoms with Crippen molar-refractivity contribution in [2.75, 3.05) is 55.2 Å². The minimum Gasteiger partial charge on any atom is -0.478 e. The molecule has 3 fully saturated rings. The number of carbonyl (C=O) groups excluding carboxylic acids is 8. The lowest BCUT2D eigenvalue weighted by molar-refractivity contribution is -0.191. The fourth-order valence-electron chi connectivity index (χ4n) is 9.18. The van der Waals surface area contributed by atoms with Crippen LogP contribution in [0.5, 0.6) is 0 Å². The van der Waals surface area contributed by atoms with Crippen molar-refractivity contribution in [3.8, 4) is 31.3 Å². The molecule has 3 saturated heterocycles. The summed E-state index contributed by atoms with van der Waals surface area (Å²) in [5.74, 6) is -1.22. The van der Waals surface area contributed by atoms with Crippen molar-refractivity contribution >= 4 is 98.6 Å². The Morgan fingerprint density at radius 1 is 0.530 bits per heavy atom. The standard InChI is InChI=1S/3C18H20FN3O2S.C3H4O2.CO2/c3*19-13-5-1-4-12(8-13)16-9-14(22-18(20)24)17(25-16)15(23)7-11-3-2-6-21-10-11;1-2-3(4)5;2-1-3/h3*1,4-5,8-9,11,21H,2-3,6-7,10H2,(H3,20,22,24);2H,1H2,(H,4,5);/t3*11-;;/m111../s1. The maximum absolute atomic E-state index is 13.5. The summed E-state index contributed by atoms with van der Waals surface area (Å²) in [6.07, 6.45) is 8.56. The molecule has 3 aromatic heterocycles. The van der Waals surface area contributed by atoms with E-state index in [2.05, 4.69) is 38.5 Å². The largest absolute Gasteiger partial charge is 0.478 e. The lowest BCUT2D eigenvalue weighted by Gasteiger charge is -2.21. The number of benzene rings is 3. The zero-order valence-electron chi connectivity index (χ0n) is 45.0. The van der Waals surface area contributed by atoms with Crippen LogP contribution in [0.3, 0.4) is 0 Å². The van der Waals surface area contributed by atoms with Crippen molar-refractivity contribution in [3.63, 3.8) is 0 Å². The summed E-state index contributed by atoms with van der Waals surface area (Å²) in [5.41, 5.74) is 18.8. The second kappa shape index (κ2) is 33.7. The van der Waals surface area contributed by atoms with Gasteiger partial charge in [0.2, 0.25) is 0 Å². The Kier molecular flexibility index (Phi) is 26.6. The SMILES string of the molecule is C=CC(=O)O.NC(=O)Nc1cc(-c2cccc(F)c2)sc1C(=O)C[C@H]1CCCNC1.NC(=O)Nc1cc(-c2cccc(F)c2)sc1C(=O)C[C@H]1CCCNC1.NC(=O)Nc1cc(-c2cccc(F)c2)sc1C(=O)C[C@H]1CCCNC1.O=C=O. The second-order valence-corrected chi connectivity index (χ2v) is 22.4. The Bertz CT molecular complexity index is 2940. The number of Topliss-reactive ketones (excluding diaryl/α,β-unsaturated/α-hetero) is 3. The molecule has 0 spiro atoms. The molecule has 6 aromatic rings. The Morgan fingerprint density at radius 3 is 1.00 bits per heavy atom. The Morgan fingerprint density at radius 2 is 0.795 bits per heavy atom. The van der Waals surface area contributed by atoms with E-state index < -0.39 is 24.1 Å². The second-order valence-electron chi connectivity index (χ2n) is 19.2. The highest BCUT2D eigenvalue weighted by Crippen LogP contribution is 2.40. The van der Waals surface area contributed by atoms with Crippen molar-refractivity contribution in [2.24, 2.45) is 35.0 Å². The van der Waals surface area contributed by atoms with Gasteiger partial charge in [0.25, 0.3) is 0 Å². The van der Waals surface area contributed by atoms with Crippen molar-refractivity contribution in [1.82, 2.24) is 16.0 Å². The number of carboxylic acid groups (broad SMARTS) is 1. The molecule has 13 N–H and O–H groups in total. The average molecular weight is 1200 g/mol. The number of urea groups is 3. The first-order valence-corrected chi connectivity index (χ1v) is 28.7. The summed E-state index contributed by atoms with van der Waals surface area (Å²) in [6, 6.07) is 21.3. The minimum atomic E-state index is -0.981. The number of carboxylic acids is 1. The van der Waals surface area contributed by atoms with Crippen molar-refractivity contribution in [3.05, 3.63) is 136 Å². The topological polar surface area (TPSA) is 324 Å². The molecule has 83 heavy (non-hydrogen) atoms. The molecule has 440 valence electrons. The summed E-state index contributed by atoms with van der Waals surface area (Å²) in [7, 11) is 0. The van der Waals surface area contributed by atoms with Gasteiger partial charge in [-0.25, -0.2) is 32.3 Å². The van der Waals surface area contributed by atoms with Gasteiger partial charge in [-0.15, -0.1) is 34.0 Å². The van der Waals surface area contributed by atoms with Crippen LogP contribution < -0.4 is 49.1 Å². The monoisotopic (exact) mass is 1200 g/mol. The Labute approximate surface area is 488 Å². The third-order valence-corrected chi connectivity index (χ3v) is 16.5. The van der Waals surface area contributed by atoms with Gasteiger partial charge in [-0.1, -0.05) is 43.0 Å². The number of aliphatic carboxylic acids is 1. The van der Waals surface area contributed by atoms with Crippen LogP contribution in [0.2, 0.25) is 0 Å². The highest BCUT2D eigenvalue weighted by atomic mass is 32.1. The summed E-state index contributed by atoms with van der Waals surface area (Å²) >= 11 is 3.76. The molecule has 0 unspecified atom stereocenters. The first kappa shape index (κ1) is 65.6. The number of piperidine rings is 3. The maximum atomic E-state index is 13.5. The number of hydrogen-bond donors (Lipinski definition) is 10. The number of primary amides is 3. The molecule has 3 aliphatic heterocycles. The molecule has 0 saturated carbocycles. The lowest BCUT2D eigenvalue weighted by Crippen LogP contribution is -2.31. The van der Waals surface area contributed by atoms with Crippen LogP contribution in [-0.2, 0) is 14.4 Å². The molecule has 25 heteroatoms. The number of hydrogen-bond acceptors (Lipinski definition) is 15. The Balaban J connectivity index is 0.000000214. The summed E-state index contributed by atoms with van der Waals surface area (Å²) < 4.78 is 40.4. The molecular weight excluding hydrogens is 1140 g/mol. The fraction of sp³-hybridized carbons (Fsp3) is 0.310. The number of nitrogens with one attached hydrogen (secondary N) is 6. The number of rotatable bonds is 16. The predicted octanol–water partition coefficient (Wildman–Crippen LogP) is 10.5. The van der Waals surface area contributed by atoms with Gasteiger partial charge >= 0.3 is 30.2 Å². The number of thiophene rings is 3. The molecule has 3 aromatic carbocycles. The minimum absolute atomic E-state index is 0.0231. The van der Waals surface area contributed by atoms with Gasteiger partial charge in [0, 0.05) is 40.0 Å². The number of ketones is 3. The van der Waals surface area contributed by atoms with Crippen molar-refractivity contribution < 1.29 is 61.4 Å². The zero-order chi connectivity index (χ0) is 60.4. The van der Waals surface area contributed by atoms with Crippen LogP contribution >= 0.6 is 34.0 Å². The molecule has 3 aliphatic rings. The zero-order valence-corrected chi connectivity index (χ0v) is 47.4. The van der Waals surface area contributed by atoms with Gasteiger partial charge in [0.15, 0.2) is 17.3 Å². The van der Waals surface area contributed by atoms with Gasteiger partial charge in [-0.2, -0.15) is 9.59 Å². The van der Waals surface area contributed by atoms with Crippen molar-refractivity contribution in [2.45, 2.75) is 57.8 Å². The van der Waals surface area contributed by atoms with E-state index in [0.717, 1.165) is 83.9 Å². The van der Waals surface area contributed by atoms with E-state index in [4.69, 9.17) is 31.9 Å². The highest BCUT2D eigenvalue weighted by molar-refractivity contribution is 7.19. The maximum Gasteiger partial charge on any atom is 0.373 e. The molecule has 9 rings (SSSR count). The van der Waals surface area contributed by atoms with Crippen molar-refractivity contribution in [1.29, 1.82) is 0 Å². The first-order valence-electron chi connectivity index (χ1n) is 26.2. The van der Waals surface area contributed by atoms with Gasteiger partial charge < -0.3 is 54.2 Å². The number of amides is 6. The fourth-order valence-corrected chi connectivity index (χ4v) is 12.4. The summed E-state index contributed by atoms with van der Waals surface area (Å²) in [6.45, 7) is 8.40. The molecule has 6 amide bonds. The number of halogens is 3. The van der Waals surface area contributed by atoms with Crippen LogP contribution in [0.1, 0.15) is 86.8 Å². The van der Waals surface area contributed by atoms with Gasteiger partial charge in [-0.05, 0) is 167 Å². The normalized spacial score (nSPS) is 16.1. The number of carbonyl (C=O) groups is 7. The molecule has 0 bridgehead atoms. The Hall–Kier alpha value is -8.16. The third-order valence-electron chi connectivity index (χ3n) is 12.9. The quantitative estimate of drug-likeness (QED) is 0.0319. The molecular formula is C58H64F3N9O10S3. The van der Waals surface area contributed by atoms with Crippen LogP contribution in [0.15, 0.2) is 104 Å². The van der Waals surface area contributed by atoms with Crippen LogP contribution in [0, 0.1) is 35.2 Å². The van der Waals surface area contributed by atoms with Crippen LogP contribution in [0.25, 0.3) is 31.3 Å². The third kappa shape index (κ3) is 21.9. The van der Waals surface area contributed by atoms with Gasteiger partial charge in [-0.3, -0.25) is 14.4 Å². The molecule has 19 nitrogen and oxygen atoms in total. The predicted molar refractivity (Wildman–Crippen MR) is 315 cm³/mol. The molecule has 0 aliphatic carbocycles. The van der Waals surface area contributed by atoms with E-state index in [0.29, 0.717) is 100 Å². The number of nitrogens with two attached hydrogens (primary N) is 3. The smallest absolute Gasteiger partial charge is 0.373 e. The first-order chi connectivity index (χ1) is 39.8. The summed E-state index contributed by atoms with van der Waals surface area (Å²) in [5, 5.41) is 25.0. The summed E-state index contributed by atoms with van der Waals surface area (Å²) in [4.78, 5) is 101. The van der Waals surface area contributed by atoms with Crippen LogP contribution in [0.4, 0.5) is 44.6 Å². The van der Waals surface area contributed by atoms with E-state index in [1.807, 2.05) is 0 Å². The molecule has 0 radical (unpaired) electrons. The molecule has 3 atom stereocenters. The number of anilines is 3. The highest BCUT2D eigenvalue weighted by Gasteiger charge is 2.26. The van der Waals surface area contributed by atoms with Crippen LogP contribution in [-0.4, -0.2) is 91.9 Å². The lowest BCUT2D eigenvalue weighted by atomic mass is 9.93. The van der Waals surface area contributed by atoms with E-state index in [1.165, 1.54) is 70.4 Å². The average Bonchev–Trinajstić information content (AvgIpc) is 4.16.